The molecule has 4 unspecified atom stereocenters. The van der Waals surface area contributed by atoms with E-state index in [1.807, 2.05) is 0 Å². The molecule has 12 nitrogen and oxygen atoms in total. The van der Waals surface area contributed by atoms with Gasteiger partial charge in [-0.05, 0) is 25.7 Å². The van der Waals surface area contributed by atoms with Gasteiger partial charge >= 0.3 is 0 Å². The van der Waals surface area contributed by atoms with Crippen molar-refractivity contribution < 1.29 is 44.6 Å². The highest BCUT2D eigenvalue weighted by atomic mass is 32.2. The Labute approximate surface area is 186 Å². The highest BCUT2D eigenvalue weighted by molar-refractivity contribution is 7.86. The molecule has 2 saturated heterocycles. The lowest BCUT2D eigenvalue weighted by atomic mass is 9.70. The Morgan fingerprint density at radius 2 is 0.938 bits per heavy atom. The van der Waals surface area contributed by atoms with E-state index < -0.39 is 67.5 Å². The number of nitrogens with zero attached hydrogens (tertiary/aromatic N) is 2. The number of imide groups is 2. The Morgan fingerprint density at radius 3 is 1.19 bits per heavy atom. The van der Waals surface area contributed by atoms with E-state index in [0.717, 1.165) is 0 Å². The van der Waals surface area contributed by atoms with Crippen molar-refractivity contribution >= 4 is 43.9 Å². The largest absolute Gasteiger partial charge is 0.288 e. The predicted octanol–water partition coefficient (Wildman–Crippen LogP) is 0.106. The standard InChI is InChI=1S/C18H26N2O10S2/c1-3-5-7-31(25,26)29-19-15(21)11-9-13-14(10-12(11)16(19)22)18(24)20(17(13)23)30-32(27,28)8-6-4-2/h11-14H,3-10H2,1-2H3. The molecular weight excluding hydrogens is 468 g/mol. The van der Waals surface area contributed by atoms with E-state index >= 15 is 0 Å². The van der Waals surface area contributed by atoms with E-state index in [1.54, 1.807) is 13.8 Å². The molecule has 180 valence electrons. The van der Waals surface area contributed by atoms with Crippen LogP contribution in [-0.2, 0) is 48.0 Å². The molecule has 2 heterocycles. The van der Waals surface area contributed by atoms with Crippen LogP contribution < -0.4 is 0 Å². The third kappa shape index (κ3) is 4.72. The lowest BCUT2D eigenvalue weighted by Crippen LogP contribution is -2.36. The average Bonchev–Trinajstić information content (AvgIpc) is 3.09. The summed E-state index contributed by atoms with van der Waals surface area (Å²) in [6.45, 7) is 3.54. The molecule has 1 saturated carbocycles. The number of amides is 4. The van der Waals surface area contributed by atoms with Gasteiger partial charge in [-0.25, -0.2) is 0 Å². The molecule has 0 radical (unpaired) electrons. The summed E-state index contributed by atoms with van der Waals surface area (Å²) < 4.78 is 57.6. The molecule has 0 spiro atoms. The predicted molar refractivity (Wildman–Crippen MR) is 106 cm³/mol. The van der Waals surface area contributed by atoms with Gasteiger partial charge in [0.25, 0.3) is 43.9 Å². The minimum Gasteiger partial charge on any atom is -0.272 e. The molecule has 0 aromatic rings. The van der Waals surface area contributed by atoms with Gasteiger partial charge in [0.2, 0.25) is 0 Å². The molecule has 3 aliphatic rings. The quantitative estimate of drug-likeness (QED) is 0.381. The van der Waals surface area contributed by atoms with E-state index in [0.29, 0.717) is 12.8 Å². The molecule has 4 amide bonds. The first-order valence-electron chi connectivity index (χ1n) is 10.5. The zero-order valence-corrected chi connectivity index (χ0v) is 19.4. The maximum atomic E-state index is 12.7. The van der Waals surface area contributed by atoms with Crippen molar-refractivity contribution in [1.82, 2.24) is 10.1 Å². The minimum atomic E-state index is -4.16. The highest BCUT2D eigenvalue weighted by Gasteiger charge is 2.61. The molecule has 0 aromatic heterocycles. The monoisotopic (exact) mass is 494 g/mol. The topological polar surface area (TPSA) is 161 Å². The maximum absolute atomic E-state index is 12.7. The molecule has 0 bridgehead atoms. The maximum Gasteiger partial charge on any atom is 0.288 e. The van der Waals surface area contributed by atoms with Crippen molar-refractivity contribution in [1.29, 1.82) is 0 Å². The van der Waals surface area contributed by atoms with Crippen LogP contribution in [0.2, 0.25) is 0 Å². The lowest BCUT2D eigenvalue weighted by Gasteiger charge is -2.27. The number of hydroxylamine groups is 4. The van der Waals surface area contributed by atoms with Crippen LogP contribution in [0.1, 0.15) is 52.4 Å². The van der Waals surface area contributed by atoms with Crippen molar-refractivity contribution in [3.05, 3.63) is 0 Å². The van der Waals surface area contributed by atoms with Crippen molar-refractivity contribution in [3.63, 3.8) is 0 Å². The van der Waals surface area contributed by atoms with Crippen molar-refractivity contribution in [2.24, 2.45) is 23.7 Å². The molecule has 1 aliphatic carbocycles. The van der Waals surface area contributed by atoms with Crippen molar-refractivity contribution in [2.75, 3.05) is 11.5 Å². The normalized spacial score (nSPS) is 28.4. The SMILES string of the molecule is CCCCS(=O)(=O)ON1C(=O)C2CC3C(=O)N(OS(=O)(=O)CCCC)C(=O)C3CC2C1=O. The van der Waals surface area contributed by atoms with Gasteiger partial charge in [-0.1, -0.05) is 26.7 Å². The molecule has 14 heteroatoms. The van der Waals surface area contributed by atoms with Gasteiger partial charge in [-0.3, -0.25) is 19.2 Å². The fraction of sp³-hybridized carbons (Fsp3) is 0.778. The molecule has 3 fully saturated rings. The van der Waals surface area contributed by atoms with Crippen LogP contribution in [0.4, 0.5) is 0 Å². The molecular formula is C18H26N2O10S2. The molecule has 3 rings (SSSR count). The van der Waals surface area contributed by atoms with Crippen LogP contribution in [-0.4, -0.2) is 62.1 Å². The Hall–Kier alpha value is -1.90. The van der Waals surface area contributed by atoms with Gasteiger partial charge in [0, 0.05) is 0 Å². The summed E-state index contributed by atoms with van der Waals surface area (Å²) in [6, 6.07) is 0. The van der Waals surface area contributed by atoms with Crippen LogP contribution in [0.25, 0.3) is 0 Å². The Balaban J connectivity index is 1.74. The Kier molecular flexibility index (Phi) is 7.08. The summed E-state index contributed by atoms with van der Waals surface area (Å²) in [7, 11) is -8.31. The second kappa shape index (κ2) is 9.15. The smallest absolute Gasteiger partial charge is 0.272 e. The van der Waals surface area contributed by atoms with Crippen LogP contribution in [0, 0.1) is 23.7 Å². The summed E-state index contributed by atoms with van der Waals surface area (Å²) in [6.07, 6.45) is 1.28. The fourth-order valence-electron chi connectivity index (χ4n) is 4.21. The lowest BCUT2D eigenvalue weighted by molar-refractivity contribution is -0.166. The third-order valence-corrected chi connectivity index (χ3v) is 8.26. The Morgan fingerprint density at radius 1 is 0.656 bits per heavy atom. The molecule has 0 N–H and O–H groups in total. The van der Waals surface area contributed by atoms with Gasteiger partial charge in [0.05, 0.1) is 35.2 Å². The molecule has 32 heavy (non-hydrogen) atoms. The summed E-state index contributed by atoms with van der Waals surface area (Å²) >= 11 is 0. The number of fused-ring (bicyclic) bond motifs is 2. The van der Waals surface area contributed by atoms with Gasteiger partial charge in [0.1, 0.15) is 0 Å². The molecule has 0 aromatic carbocycles. The zero-order chi connectivity index (χ0) is 23.8. The van der Waals surface area contributed by atoms with Crippen LogP contribution in [0.3, 0.4) is 0 Å². The second-order valence-electron chi connectivity index (χ2n) is 8.22. The van der Waals surface area contributed by atoms with Gasteiger partial charge in [-0.2, -0.15) is 16.8 Å². The first-order chi connectivity index (χ1) is 14.9. The van der Waals surface area contributed by atoms with E-state index in [9.17, 15) is 36.0 Å². The average molecular weight is 495 g/mol. The van der Waals surface area contributed by atoms with Gasteiger partial charge in [0.15, 0.2) is 0 Å². The molecule has 4 atom stereocenters. The second-order valence-corrected chi connectivity index (χ2v) is 11.6. The number of hydrogen-bond acceptors (Lipinski definition) is 10. The van der Waals surface area contributed by atoms with Crippen molar-refractivity contribution in [3.8, 4) is 0 Å². The fourth-order valence-corrected chi connectivity index (χ4v) is 6.39. The number of carbonyl (C=O) groups excluding carboxylic acids is 4. The summed E-state index contributed by atoms with van der Waals surface area (Å²) in [5, 5.41) is 0.444. The number of carbonyl (C=O) groups is 4. The van der Waals surface area contributed by atoms with E-state index in [2.05, 4.69) is 0 Å². The molecule has 2 aliphatic heterocycles. The number of hydrogen-bond donors (Lipinski definition) is 0. The third-order valence-electron chi connectivity index (χ3n) is 5.93. The number of unbranched alkanes of at least 4 members (excludes halogenated alkanes) is 2. The van der Waals surface area contributed by atoms with Crippen LogP contribution in [0.5, 0.6) is 0 Å². The van der Waals surface area contributed by atoms with Crippen LogP contribution in [0.15, 0.2) is 0 Å². The Bertz CT molecular complexity index is 900. The van der Waals surface area contributed by atoms with E-state index in [1.165, 1.54) is 0 Å². The first kappa shape index (κ1) is 24.7. The van der Waals surface area contributed by atoms with E-state index in [-0.39, 0.29) is 47.3 Å². The van der Waals surface area contributed by atoms with Crippen LogP contribution >= 0.6 is 0 Å². The van der Waals surface area contributed by atoms with Gasteiger partial charge < -0.3 is 0 Å². The minimum absolute atomic E-state index is 0.214. The zero-order valence-electron chi connectivity index (χ0n) is 17.8. The van der Waals surface area contributed by atoms with Crippen molar-refractivity contribution in [2.45, 2.75) is 52.4 Å². The summed E-state index contributed by atoms with van der Waals surface area (Å²) in [4.78, 5) is 50.7. The first-order valence-corrected chi connectivity index (χ1v) is 13.7. The summed E-state index contributed by atoms with van der Waals surface area (Å²) in [5.74, 6) is -8.48. The van der Waals surface area contributed by atoms with Gasteiger partial charge in [-0.15, -0.1) is 18.7 Å². The highest BCUT2D eigenvalue weighted by Crippen LogP contribution is 2.48. The summed E-state index contributed by atoms with van der Waals surface area (Å²) in [5.41, 5.74) is 0. The number of rotatable bonds is 10. The van der Waals surface area contributed by atoms with E-state index in [4.69, 9.17) is 8.57 Å².